The van der Waals surface area contributed by atoms with E-state index >= 15 is 0 Å². The zero-order valence-electron chi connectivity index (χ0n) is 14.4. The van der Waals surface area contributed by atoms with Crippen molar-refractivity contribution in [2.75, 3.05) is 35.8 Å². The minimum Gasteiger partial charge on any atom is -0.309 e. The molecule has 1 heterocycles. The summed E-state index contributed by atoms with van der Waals surface area (Å²) in [4.78, 5) is 1.96. The molecular weight excluding hydrogens is 384 g/mol. The number of hydrogen-bond acceptors (Lipinski definition) is 3. The molecule has 0 N–H and O–H groups in total. The molecular formula is C17H20ClF2N3O2S. The topological polar surface area (TPSA) is 43.9 Å². The molecule has 2 aromatic carbocycles. The Morgan fingerprint density at radius 1 is 1.00 bits per heavy atom. The molecule has 26 heavy (non-hydrogen) atoms. The van der Waals surface area contributed by atoms with Gasteiger partial charge in [-0.15, -0.1) is 12.4 Å². The Hall–Kier alpha value is -1.90. The molecule has 0 fully saturated rings. The lowest BCUT2D eigenvalue weighted by Crippen LogP contribution is -2.37. The van der Waals surface area contributed by atoms with Crippen LogP contribution in [0.4, 0.5) is 25.8 Å². The van der Waals surface area contributed by atoms with Crippen molar-refractivity contribution >= 4 is 39.7 Å². The largest absolute Gasteiger partial charge is 0.331 e. The molecule has 0 atom stereocenters. The number of halogens is 3. The Morgan fingerprint density at radius 3 is 2.27 bits per heavy atom. The van der Waals surface area contributed by atoms with E-state index in [1.54, 1.807) is 24.3 Å². The summed E-state index contributed by atoms with van der Waals surface area (Å²) in [6, 6.07) is 9.59. The summed E-state index contributed by atoms with van der Waals surface area (Å²) in [5.41, 5.74) is 0.659. The Morgan fingerprint density at radius 2 is 1.65 bits per heavy atom. The van der Waals surface area contributed by atoms with E-state index in [1.165, 1.54) is 4.31 Å². The summed E-state index contributed by atoms with van der Waals surface area (Å²) < 4.78 is 55.8. The third-order valence-corrected chi connectivity index (χ3v) is 5.76. The van der Waals surface area contributed by atoms with Crippen LogP contribution < -0.4 is 8.61 Å². The second-order valence-electron chi connectivity index (χ2n) is 6.09. The average molecular weight is 404 g/mol. The maximum atomic E-state index is 14.3. The van der Waals surface area contributed by atoms with E-state index in [0.717, 1.165) is 23.0 Å². The molecule has 142 valence electrons. The number of hydrogen-bond donors (Lipinski definition) is 0. The minimum atomic E-state index is -3.99. The van der Waals surface area contributed by atoms with Crippen molar-refractivity contribution in [1.29, 1.82) is 0 Å². The van der Waals surface area contributed by atoms with E-state index in [9.17, 15) is 17.2 Å². The van der Waals surface area contributed by atoms with Crippen molar-refractivity contribution < 1.29 is 17.2 Å². The maximum absolute atomic E-state index is 14.3. The molecule has 5 nitrogen and oxygen atoms in total. The Labute approximate surface area is 158 Å². The first-order chi connectivity index (χ1) is 11.8. The monoisotopic (exact) mass is 403 g/mol. The summed E-state index contributed by atoms with van der Waals surface area (Å²) in [5.74, 6) is -1.68. The van der Waals surface area contributed by atoms with Crippen molar-refractivity contribution in [2.24, 2.45) is 0 Å². The third-order valence-electron chi connectivity index (χ3n) is 3.97. The maximum Gasteiger partial charge on any atom is 0.331 e. The van der Waals surface area contributed by atoms with Crippen LogP contribution in [0.3, 0.4) is 0 Å². The number of para-hydroxylation sites is 2. The molecule has 2 aromatic rings. The number of rotatable bonds is 5. The summed E-state index contributed by atoms with van der Waals surface area (Å²) in [6.07, 6.45) is 0.625. The SMILES string of the molecule is CN(C)CCCN1c2ccccc2N(c2ccc(F)cc2F)S1(=O)=O.Cl. The van der Waals surface area contributed by atoms with Crippen LogP contribution in [0.5, 0.6) is 0 Å². The van der Waals surface area contributed by atoms with Crippen molar-refractivity contribution in [3.05, 3.63) is 54.1 Å². The Bertz CT molecular complexity index is 893. The highest BCUT2D eigenvalue weighted by Crippen LogP contribution is 2.45. The Balaban J connectivity index is 0.00000243. The van der Waals surface area contributed by atoms with Crippen LogP contribution in [-0.2, 0) is 10.2 Å². The van der Waals surface area contributed by atoms with Gasteiger partial charge < -0.3 is 4.90 Å². The van der Waals surface area contributed by atoms with Gasteiger partial charge in [-0.3, -0.25) is 4.31 Å². The fourth-order valence-electron chi connectivity index (χ4n) is 2.86. The van der Waals surface area contributed by atoms with Gasteiger partial charge in [0.2, 0.25) is 0 Å². The van der Waals surface area contributed by atoms with Gasteiger partial charge in [0, 0.05) is 12.6 Å². The molecule has 0 radical (unpaired) electrons. The number of fused-ring (bicyclic) bond motifs is 1. The van der Waals surface area contributed by atoms with E-state index in [4.69, 9.17) is 0 Å². The first-order valence-corrected chi connectivity index (χ1v) is 9.24. The van der Waals surface area contributed by atoms with Crippen LogP contribution in [0.25, 0.3) is 0 Å². The van der Waals surface area contributed by atoms with Crippen LogP contribution in [-0.4, -0.2) is 40.5 Å². The first-order valence-electron chi connectivity index (χ1n) is 7.84. The predicted molar refractivity (Wildman–Crippen MR) is 102 cm³/mol. The van der Waals surface area contributed by atoms with Gasteiger partial charge in [0.15, 0.2) is 5.82 Å². The summed E-state index contributed by atoms with van der Waals surface area (Å²) in [5, 5.41) is 0. The molecule has 0 aromatic heterocycles. The summed E-state index contributed by atoms with van der Waals surface area (Å²) in [6.45, 7) is 0.996. The zero-order valence-corrected chi connectivity index (χ0v) is 16.0. The van der Waals surface area contributed by atoms with Crippen LogP contribution in [0.15, 0.2) is 42.5 Å². The molecule has 1 aliphatic heterocycles. The second-order valence-corrected chi connectivity index (χ2v) is 7.79. The number of anilines is 3. The highest BCUT2D eigenvalue weighted by Gasteiger charge is 2.41. The van der Waals surface area contributed by atoms with Crippen LogP contribution in [0.1, 0.15) is 6.42 Å². The second kappa shape index (κ2) is 7.77. The third kappa shape index (κ3) is 3.62. The summed E-state index contributed by atoms with van der Waals surface area (Å²) in [7, 11) is -0.169. The molecule has 0 saturated heterocycles. The highest BCUT2D eigenvalue weighted by atomic mass is 35.5. The van der Waals surface area contributed by atoms with E-state index in [1.807, 2.05) is 19.0 Å². The van der Waals surface area contributed by atoms with Crippen molar-refractivity contribution in [1.82, 2.24) is 4.90 Å². The molecule has 9 heteroatoms. The van der Waals surface area contributed by atoms with E-state index in [2.05, 4.69) is 0 Å². The normalized spacial score (nSPS) is 15.1. The van der Waals surface area contributed by atoms with Crippen LogP contribution in [0, 0.1) is 11.6 Å². The lowest BCUT2D eigenvalue weighted by Gasteiger charge is -2.22. The molecule has 0 unspecified atom stereocenters. The molecule has 0 spiro atoms. The number of benzene rings is 2. The minimum absolute atomic E-state index is 0. The van der Waals surface area contributed by atoms with Crippen molar-refractivity contribution in [2.45, 2.75) is 6.42 Å². The zero-order chi connectivity index (χ0) is 18.2. The van der Waals surface area contributed by atoms with Gasteiger partial charge in [-0.1, -0.05) is 12.1 Å². The summed E-state index contributed by atoms with van der Waals surface area (Å²) >= 11 is 0. The molecule has 1 aliphatic rings. The predicted octanol–water partition coefficient (Wildman–Crippen LogP) is 3.54. The molecule has 3 rings (SSSR count). The fourth-order valence-corrected chi connectivity index (χ4v) is 4.62. The van der Waals surface area contributed by atoms with Crippen molar-refractivity contribution in [3.63, 3.8) is 0 Å². The van der Waals surface area contributed by atoms with Gasteiger partial charge in [0.25, 0.3) is 0 Å². The average Bonchev–Trinajstić information content (AvgIpc) is 2.75. The smallest absolute Gasteiger partial charge is 0.309 e. The van der Waals surface area contributed by atoms with Gasteiger partial charge in [-0.25, -0.2) is 13.1 Å². The number of nitrogens with zero attached hydrogens (tertiary/aromatic N) is 3. The van der Waals surface area contributed by atoms with Crippen LogP contribution >= 0.6 is 12.4 Å². The van der Waals surface area contributed by atoms with Gasteiger partial charge in [0.1, 0.15) is 5.82 Å². The quantitative estimate of drug-likeness (QED) is 0.767. The molecule has 0 saturated carbocycles. The molecule has 0 bridgehead atoms. The molecule has 0 amide bonds. The lowest BCUT2D eigenvalue weighted by molar-refractivity contribution is 0.403. The van der Waals surface area contributed by atoms with Gasteiger partial charge in [0.05, 0.1) is 17.1 Å². The lowest BCUT2D eigenvalue weighted by atomic mass is 10.2. The first kappa shape index (κ1) is 20.4. The van der Waals surface area contributed by atoms with E-state index in [0.29, 0.717) is 23.9 Å². The van der Waals surface area contributed by atoms with Gasteiger partial charge >= 0.3 is 10.2 Å². The highest BCUT2D eigenvalue weighted by molar-refractivity contribution is 7.95. The fraction of sp³-hybridized carbons (Fsp3) is 0.294. The van der Waals surface area contributed by atoms with E-state index < -0.39 is 21.8 Å². The van der Waals surface area contributed by atoms with Crippen LogP contribution in [0.2, 0.25) is 0 Å². The standard InChI is InChI=1S/C17H19F2N3O2S.ClH/c1-20(2)10-5-11-21-16-6-3-4-7-17(16)22(25(21,23)24)15-9-8-13(18)12-14(15)19;/h3-4,6-9,12H,5,10-11H2,1-2H3;1H. The van der Waals surface area contributed by atoms with Crippen molar-refractivity contribution in [3.8, 4) is 0 Å². The van der Waals surface area contributed by atoms with E-state index in [-0.39, 0.29) is 24.6 Å². The molecule has 0 aliphatic carbocycles. The van der Waals surface area contributed by atoms with Gasteiger partial charge in [-0.2, -0.15) is 8.42 Å². The Kier molecular flexibility index (Phi) is 6.10. The van der Waals surface area contributed by atoms with Gasteiger partial charge in [-0.05, 0) is 51.3 Å².